The van der Waals surface area contributed by atoms with Crippen LogP contribution < -0.4 is 18.6 Å². The first-order chi connectivity index (χ1) is 13.0. The van der Waals surface area contributed by atoms with Gasteiger partial charge in [0.15, 0.2) is 0 Å². The molecule has 0 atom stereocenters. The van der Waals surface area contributed by atoms with Crippen molar-refractivity contribution < 1.29 is 18.6 Å². The minimum atomic E-state index is -1.65. The van der Waals surface area contributed by atoms with Crippen LogP contribution in [0.25, 0.3) is 0 Å². The van der Waals surface area contributed by atoms with E-state index in [1.54, 1.807) is 0 Å². The number of benzene rings is 2. The van der Waals surface area contributed by atoms with Gasteiger partial charge in [0.05, 0.1) is 8.07 Å². The van der Waals surface area contributed by atoms with Crippen LogP contribution in [0.2, 0.25) is 25.2 Å². The fraction of sp³-hybridized carbons (Fsp3) is 0.200. The summed E-state index contributed by atoms with van der Waals surface area (Å²) in [6, 6.07) is 15.6. The van der Waals surface area contributed by atoms with Gasteiger partial charge in [-0.05, 0) is 40.8 Å². The maximum atomic E-state index is 6.11. The van der Waals surface area contributed by atoms with E-state index < -0.39 is 22.3 Å². The quantitative estimate of drug-likeness (QED) is 0.739. The van der Waals surface area contributed by atoms with Crippen molar-refractivity contribution >= 4 is 22.3 Å². The fourth-order valence-corrected chi connectivity index (χ4v) is 6.54. The summed E-state index contributed by atoms with van der Waals surface area (Å²) in [6.07, 6.45) is 4.26. The molecule has 134 valence electrons. The third-order valence-corrected chi connectivity index (χ3v) is 7.58. The minimum absolute atomic E-state index is 0.233. The lowest BCUT2D eigenvalue weighted by molar-refractivity contribution is 0.504. The Morgan fingerprint density at radius 1 is 0.630 bits per heavy atom. The van der Waals surface area contributed by atoms with Gasteiger partial charge >= 0.3 is 14.2 Å². The van der Waals surface area contributed by atoms with Gasteiger partial charge in [0, 0.05) is 0 Å². The van der Waals surface area contributed by atoms with Gasteiger partial charge in [-0.3, -0.25) is 0 Å². The standard InChI is InChI=1S/C20H20B2O4Si/c1-27(2,3)20-14(21-23-16-8-4-5-9-17(16)24-21)12-13-15(20)22-25-18-10-6-7-11-19(18)26-22/h4-13,20H,1-3H3. The molecule has 0 saturated heterocycles. The molecule has 2 aromatic carbocycles. The van der Waals surface area contributed by atoms with Crippen LogP contribution >= 0.6 is 0 Å². The van der Waals surface area contributed by atoms with Crippen molar-refractivity contribution in [3.63, 3.8) is 0 Å². The SMILES string of the molecule is C[Si](C)(C)C1C(B2Oc3ccccc3O2)=CC=C1B1Oc2ccccc2O1. The highest BCUT2D eigenvalue weighted by molar-refractivity contribution is 6.83. The Bertz CT molecular complexity index is 845. The van der Waals surface area contributed by atoms with Crippen molar-refractivity contribution in [2.45, 2.75) is 25.2 Å². The van der Waals surface area contributed by atoms with Gasteiger partial charge in [-0.2, -0.15) is 0 Å². The molecular formula is C20H20B2O4Si. The number of fused-ring (bicyclic) bond motifs is 2. The number of para-hydroxylation sites is 4. The van der Waals surface area contributed by atoms with E-state index in [0.717, 1.165) is 33.9 Å². The molecule has 0 saturated carbocycles. The van der Waals surface area contributed by atoms with Gasteiger partial charge in [0.1, 0.15) is 23.0 Å². The van der Waals surface area contributed by atoms with Gasteiger partial charge in [0.25, 0.3) is 0 Å². The first-order valence-corrected chi connectivity index (χ1v) is 12.8. The molecule has 0 spiro atoms. The molecule has 0 radical (unpaired) electrons. The zero-order valence-electron chi connectivity index (χ0n) is 15.6. The van der Waals surface area contributed by atoms with E-state index in [1.807, 2.05) is 48.5 Å². The van der Waals surface area contributed by atoms with E-state index in [4.69, 9.17) is 18.6 Å². The number of rotatable bonds is 3. The normalized spacial score (nSPS) is 18.0. The largest absolute Gasteiger partial charge is 0.628 e. The molecule has 7 heteroatoms. The topological polar surface area (TPSA) is 36.9 Å². The van der Waals surface area contributed by atoms with Crippen LogP contribution in [-0.4, -0.2) is 22.3 Å². The summed E-state index contributed by atoms with van der Waals surface area (Å²) in [5, 5.41) is 0. The molecule has 0 N–H and O–H groups in total. The lowest BCUT2D eigenvalue weighted by Gasteiger charge is -2.31. The van der Waals surface area contributed by atoms with Gasteiger partial charge in [0.2, 0.25) is 0 Å². The van der Waals surface area contributed by atoms with Crippen LogP contribution in [0, 0.1) is 0 Å². The van der Waals surface area contributed by atoms with Crippen molar-refractivity contribution in [3.05, 3.63) is 71.6 Å². The van der Waals surface area contributed by atoms with Crippen LogP contribution in [-0.2, 0) is 0 Å². The third kappa shape index (κ3) is 2.77. The summed E-state index contributed by atoms with van der Waals surface area (Å²) in [5.74, 6) is 3.19. The maximum Gasteiger partial charge on any atom is 0.628 e. The van der Waals surface area contributed by atoms with Gasteiger partial charge < -0.3 is 18.6 Å². The molecule has 0 fully saturated rings. The van der Waals surface area contributed by atoms with Gasteiger partial charge in [-0.25, -0.2) is 0 Å². The Balaban J connectivity index is 1.42. The minimum Gasteiger partial charge on any atom is -0.519 e. The molecule has 27 heavy (non-hydrogen) atoms. The highest BCUT2D eigenvalue weighted by Crippen LogP contribution is 2.48. The molecule has 5 rings (SSSR count). The number of allylic oxidation sites excluding steroid dienone is 4. The molecular weight excluding hydrogens is 354 g/mol. The zero-order valence-corrected chi connectivity index (χ0v) is 16.6. The summed E-state index contributed by atoms with van der Waals surface area (Å²) >= 11 is 0. The number of hydrogen-bond donors (Lipinski definition) is 0. The second-order valence-electron chi connectivity index (χ2n) is 8.16. The Labute approximate surface area is 161 Å². The summed E-state index contributed by atoms with van der Waals surface area (Å²) in [7, 11) is -2.43. The molecule has 0 aromatic heterocycles. The second-order valence-corrected chi connectivity index (χ2v) is 13.5. The summed E-state index contributed by atoms with van der Waals surface area (Å²) in [6.45, 7) is 7.07. The van der Waals surface area contributed by atoms with Crippen LogP contribution in [0.3, 0.4) is 0 Å². The van der Waals surface area contributed by atoms with E-state index in [2.05, 4.69) is 31.8 Å². The lowest BCUT2D eigenvalue weighted by Crippen LogP contribution is -2.42. The lowest BCUT2D eigenvalue weighted by atomic mass is 9.70. The average Bonchev–Trinajstić information content (AvgIpc) is 3.35. The molecule has 0 bridgehead atoms. The van der Waals surface area contributed by atoms with Crippen molar-refractivity contribution in [2.75, 3.05) is 0 Å². The van der Waals surface area contributed by atoms with Crippen molar-refractivity contribution in [1.82, 2.24) is 0 Å². The Morgan fingerprint density at radius 2 is 0.963 bits per heavy atom. The Morgan fingerprint density at radius 3 is 1.26 bits per heavy atom. The smallest absolute Gasteiger partial charge is 0.519 e. The molecule has 2 heterocycles. The van der Waals surface area contributed by atoms with Crippen LogP contribution in [0.1, 0.15) is 0 Å². The van der Waals surface area contributed by atoms with E-state index in [1.165, 1.54) is 0 Å². The van der Waals surface area contributed by atoms with Crippen LogP contribution in [0.4, 0.5) is 0 Å². The Kier molecular flexibility index (Phi) is 3.69. The van der Waals surface area contributed by atoms with E-state index in [9.17, 15) is 0 Å². The van der Waals surface area contributed by atoms with Crippen molar-refractivity contribution in [2.24, 2.45) is 0 Å². The molecule has 2 aromatic rings. The summed E-state index contributed by atoms with van der Waals surface area (Å²) in [4.78, 5) is 0. The van der Waals surface area contributed by atoms with E-state index in [0.29, 0.717) is 0 Å². The first kappa shape index (κ1) is 16.6. The van der Waals surface area contributed by atoms with Crippen molar-refractivity contribution in [1.29, 1.82) is 0 Å². The van der Waals surface area contributed by atoms with Gasteiger partial charge in [-0.15, -0.1) is 0 Å². The maximum absolute atomic E-state index is 6.11. The van der Waals surface area contributed by atoms with E-state index >= 15 is 0 Å². The average molecular weight is 374 g/mol. The van der Waals surface area contributed by atoms with Crippen LogP contribution in [0.15, 0.2) is 71.6 Å². The predicted octanol–water partition coefficient (Wildman–Crippen LogP) is 4.56. The van der Waals surface area contributed by atoms with Crippen molar-refractivity contribution in [3.8, 4) is 23.0 Å². The van der Waals surface area contributed by atoms with Crippen LogP contribution in [0.5, 0.6) is 23.0 Å². The highest BCUT2D eigenvalue weighted by Gasteiger charge is 2.52. The third-order valence-electron chi connectivity index (χ3n) is 5.18. The molecule has 4 nitrogen and oxygen atoms in total. The first-order valence-electron chi connectivity index (χ1n) is 9.27. The predicted molar refractivity (Wildman–Crippen MR) is 110 cm³/mol. The fourth-order valence-electron chi connectivity index (χ4n) is 4.08. The van der Waals surface area contributed by atoms with E-state index in [-0.39, 0.29) is 5.54 Å². The number of hydrogen-bond acceptors (Lipinski definition) is 4. The summed E-state index contributed by atoms with van der Waals surface area (Å²) < 4.78 is 24.4. The molecule has 0 unspecified atom stereocenters. The molecule has 1 aliphatic carbocycles. The molecule has 3 aliphatic rings. The zero-order chi connectivity index (χ0) is 18.6. The van der Waals surface area contributed by atoms with Gasteiger partial charge in [-0.1, -0.05) is 56.1 Å². The monoisotopic (exact) mass is 374 g/mol. The summed E-state index contributed by atoms with van der Waals surface area (Å²) in [5.41, 5.74) is 2.54. The Hall–Kier alpha value is -2.53. The molecule has 2 aliphatic heterocycles. The second kappa shape index (κ2) is 5.99. The highest BCUT2D eigenvalue weighted by atomic mass is 28.3. The molecule has 0 amide bonds.